The van der Waals surface area contributed by atoms with Gasteiger partial charge in [0.25, 0.3) is 0 Å². The van der Waals surface area contributed by atoms with Crippen molar-refractivity contribution in [3.63, 3.8) is 0 Å². The fourth-order valence-corrected chi connectivity index (χ4v) is 4.28. The highest BCUT2D eigenvalue weighted by molar-refractivity contribution is 7.89. The van der Waals surface area contributed by atoms with Gasteiger partial charge in [-0.15, -0.1) is 0 Å². The van der Waals surface area contributed by atoms with Gasteiger partial charge in [0.1, 0.15) is 0 Å². The molecule has 1 saturated carbocycles. The summed E-state index contributed by atoms with van der Waals surface area (Å²) in [7, 11) is -3.45. The first-order chi connectivity index (χ1) is 9.94. The lowest BCUT2D eigenvalue weighted by molar-refractivity contribution is 0.296. The summed E-state index contributed by atoms with van der Waals surface area (Å²) < 4.78 is 27.8. The van der Waals surface area contributed by atoms with Crippen LogP contribution in [0.4, 0.5) is 0 Å². The van der Waals surface area contributed by atoms with E-state index < -0.39 is 10.0 Å². The Kier molecular flexibility index (Phi) is 5.41. The molecule has 0 aromatic heterocycles. The van der Waals surface area contributed by atoms with Gasteiger partial charge in [-0.3, -0.25) is 0 Å². The summed E-state index contributed by atoms with van der Waals surface area (Å²) in [5.74, 6) is 0.651. The van der Waals surface area contributed by atoms with Crippen LogP contribution >= 0.6 is 0 Å². The van der Waals surface area contributed by atoms with E-state index in [4.69, 9.17) is 5.73 Å². The average Bonchev–Trinajstić information content (AvgIpc) is 2.47. The molecule has 2 atom stereocenters. The maximum absolute atomic E-state index is 12.5. The standard InChI is InChI=1S/C16H26N2O2S/c1-12(2)13-7-9-15(10-8-13)21(19,20)18-16-6-4-3-5-14(16)11-17/h7-10,12,14,16,18H,3-6,11,17H2,1-2H3. The summed E-state index contributed by atoms with van der Waals surface area (Å²) in [6.07, 6.45) is 4.10. The summed E-state index contributed by atoms with van der Waals surface area (Å²) in [6.45, 7) is 4.73. The van der Waals surface area contributed by atoms with Crippen molar-refractivity contribution in [3.05, 3.63) is 29.8 Å². The molecule has 1 aromatic carbocycles. The van der Waals surface area contributed by atoms with Gasteiger partial charge in [0.2, 0.25) is 10.0 Å². The smallest absolute Gasteiger partial charge is 0.240 e. The van der Waals surface area contributed by atoms with Crippen LogP contribution in [0.25, 0.3) is 0 Å². The van der Waals surface area contributed by atoms with Gasteiger partial charge in [-0.1, -0.05) is 38.8 Å². The SMILES string of the molecule is CC(C)c1ccc(S(=O)(=O)NC2CCCCC2CN)cc1. The van der Waals surface area contributed by atoms with Crippen molar-refractivity contribution in [3.8, 4) is 0 Å². The number of hydrogen-bond donors (Lipinski definition) is 2. The van der Waals surface area contributed by atoms with Crippen molar-refractivity contribution in [1.29, 1.82) is 0 Å². The van der Waals surface area contributed by atoms with Crippen LogP contribution in [0.3, 0.4) is 0 Å². The van der Waals surface area contributed by atoms with E-state index in [9.17, 15) is 8.42 Å². The Morgan fingerprint density at radius 2 is 1.81 bits per heavy atom. The third kappa shape index (κ3) is 4.05. The van der Waals surface area contributed by atoms with E-state index in [2.05, 4.69) is 18.6 Å². The first-order valence-electron chi connectivity index (χ1n) is 7.76. The summed E-state index contributed by atoms with van der Waals surface area (Å²) in [6, 6.07) is 7.13. The van der Waals surface area contributed by atoms with Crippen molar-refractivity contribution in [1.82, 2.24) is 4.72 Å². The number of nitrogens with two attached hydrogens (primary N) is 1. The van der Waals surface area contributed by atoms with Gasteiger partial charge in [0.15, 0.2) is 0 Å². The first-order valence-corrected chi connectivity index (χ1v) is 9.24. The summed E-state index contributed by atoms with van der Waals surface area (Å²) in [4.78, 5) is 0.341. The molecule has 0 heterocycles. The minimum atomic E-state index is -3.45. The van der Waals surface area contributed by atoms with Gasteiger partial charge in [0, 0.05) is 6.04 Å². The van der Waals surface area contributed by atoms with E-state index in [0.29, 0.717) is 17.4 Å². The molecule has 1 aliphatic rings. The molecule has 21 heavy (non-hydrogen) atoms. The Hall–Kier alpha value is -0.910. The number of sulfonamides is 1. The van der Waals surface area contributed by atoms with Crippen LogP contribution in [0.1, 0.15) is 51.0 Å². The summed E-state index contributed by atoms with van der Waals surface area (Å²) in [5, 5.41) is 0. The average molecular weight is 310 g/mol. The maximum atomic E-state index is 12.5. The quantitative estimate of drug-likeness (QED) is 0.878. The van der Waals surface area contributed by atoms with Crippen LogP contribution in [-0.4, -0.2) is 21.0 Å². The van der Waals surface area contributed by atoms with Crippen LogP contribution in [0, 0.1) is 5.92 Å². The maximum Gasteiger partial charge on any atom is 0.240 e. The van der Waals surface area contributed by atoms with Crippen LogP contribution < -0.4 is 10.5 Å². The third-order valence-electron chi connectivity index (χ3n) is 4.38. The first kappa shape index (κ1) is 16.5. The van der Waals surface area contributed by atoms with E-state index in [1.165, 1.54) is 0 Å². The van der Waals surface area contributed by atoms with E-state index in [0.717, 1.165) is 31.2 Å². The topological polar surface area (TPSA) is 72.2 Å². The van der Waals surface area contributed by atoms with Crippen molar-refractivity contribution < 1.29 is 8.42 Å². The van der Waals surface area contributed by atoms with E-state index in [1.807, 2.05) is 12.1 Å². The highest BCUT2D eigenvalue weighted by Gasteiger charge is 2.28. The fourth-order valence-electron chi connectivity index (χ4n) is 2.94. The molecule has 0 spiro atoms. The molecular weight excluding hydrogens is 284 g/mol. The third-order valence-corrected chi connectivity index (χ3v) is 5.88. The Labute approximate surface area is 128 Å². The van der Waals surface area contributed by atoms with Crippen LogP contribution in [0.2, 0.25) is 0 Å². The molecule has 1 aliphatic carbocycles. The molecule has 2 rings (SSSR count). The second kappa shape index (κ2) is 6.90. The number of rotatable bonds is 5. The normalized spacial score (nSPS) is 23.4. The van der Waals surface area contributed by atoms with E-state index >= 15 is 0 Å². The van der Waals surface area contributed by atoms with Gasteiger partial charge >= 0.3 is 0 Å². The Bertz CT molecular complexity index is 552. The molecule has 0 saturated heterocycles. The van der Waals surface area contributed by atoms with Crippen molar-refractivity contribution in [2.24, 2.45) is 11.7 Å². The van der Waals surface area contributed by atoms with Gasteiger partial charge < -0.3 is 5.73 Å². The molecule has 118 valence electrons. The lowest BCUT2D eigenvalue weighted by Crippen LogP contribution is -2.44. The molecule has 5 heteroatoms. The summed E-state index contributed by atoms with van der Waals surface area (Å²) in [5.41, 5.74) is 6.91. The zero-order valence-electron chi connectivity index (χ0n) is 12.9. The van der Waals surface area contributed by atoms with E-state index in [-0.39, 0.29) is 12.0 Å². The number of benzene rings is 1. The molecule has 3 N–H and O–H groups in total. The van der Waals surface area contributed by atoms with Crippen LogP contribution in [-0.2, 0) is 10.0 Å². The molecule has 0 radical (unpaired) electrons. The predicted molar refractivity (Wildman–Crippen MR) is 85.7 cm³/mol. The second-order valence-electron chi connectivity index (χ2n) is 6.23. The monoisotopic (exact) mass is 310 g/mol. The molecule has 2 unspecified atom stereocenters. The van der Waals surface area contributed by atoms with Gasteiger partial charge in [-0.05, 0) is 48.9 Å². The van der Waals surface area contributed by atoms with Crippen molar-refractivity contribution >= 4 is 10.0 Å². The zero-order valence-corrected chi connectivity index (χ0v) is 13.7. The van der Waals surface area contributed by atoms with Gasteiger partial charge in [-0.25, -0.2) is 13.1 Å². The lowest BCUT2D eigenvalue weighted by Gasteiger charge is -2.31. The Balaban J connectivity index is 2.13. The molecule has 1 fully saturated rings. The predicted octanol–water partition coefficient (Wildman–Crippen LogP) is 2.61. The number of nitrogens with one attached hydrogen (secondary N) is 1. The van der Waals surface area contributed by atoms with E-state index in [1.54, 1.807) is 12.1 Å². The van der Waals surface area contributed by atoms with Crippen LogP contribution in [0.15, 0.2) is 29.2 Å². The largest absolute Gasteiger partial charge is 0.330 e. The molecule has 0 aliphatic heterocycles. The van der Waals surface area contributed by atoms with Crippen LogP contribution in [0.5, 0.6) is 0 Å². The molecular formula is C16H26N2O2S. The minimum absolute atomic E-state index is 0.0291. The van der Waals surface area contributed by atoms with Gasteiger partial charge in [0.05, 0.1) is 4.90 Å². The molecule has 1 aromatic rings. The highest BCUT2D eigenvalue weighted by atomic mass is 32.2. The van der Waals surface area contributed by atoms with Gasteiger partial charge in [-0.2, -0.15) is 0 Å². The highest BCUT2D eigenvalue weighted by Crippen LogP contribution is 2.25. The molecule has 0 bridgehead atoms. The molecule has 0 amide bonds. The lowest BCUT2D eigenvalue weighted by atomic mass is 9.85. The Morgan fingerprint density at radius 1 is 1.19 bits per heavy atom. The second-order valence-corrected chi connectivity index (χ2v) is 7.95. The minimum Gasteiger partial charge on any atom is -0.330 e. The summed E-state index contributed by atoms with van der Waals surface area (Å²) >= 11 is 0. The fraction of sp³-hybridized carbons (Fsp3) is 0.625. The Morgan fingerprint density at radius 3 is 2.38 bits per heavy atom. The zero-order chi connectivity index (χ0) is 15.5. The van der Waals surface area contributed by atoms with Crippen molar-refractivity contribution in [2.75, 3.05) is 6.54 Å². The molecule has 4 nitrogen and oxygen atoms in total. The number of hydrogen-bond acceptors (Lipinski definition) is 3. The van der Waals surface area contributed by atoms with Crippen molar-refractivity contribution in [2.45, 2.75) is 56.4 Å².